The lowest BCUT2D eigenvalue weighted by Crippen LogP contribution is -2.34. The second kappa shape index (κ2) is 11.8. The Labute approximate surface area is 242 Å². The van der Waals surface area contributed by atoms with Crippen molar-refractivity contribution in [3.8, 4) is 16.9 Å². The highest BCUT2D eigenvalue weighted by molar-refractivity contribution is 7.97. The molecule has 1 aliphatic heterocycles. The first kappa shape index (κ1) is 27.0. The van der Waals surface area contributed by atoms with Crippen molar-refractivity contribution in [1.29, 1.82) is 0 Å². The number of nitrogens with one attached hydrogen (secondary N) is 4. The number of amides is 1. The molecule has 2 heterocycles. The molecule has 1 amide bonds. The van der Waals surface area contributed by atoms with Crippen molar-refractivity contribution in [2.75, 3.05) is 30.8 Å². The molecule has 0 spiro atoms. The molecule has 0 radical (unpaired) electrons. The van der Waals surface area contributed by atoms with Gasteiger partial charge in [0.15, 0.2) is 0 Å². The number of carbonyl (C=O) groups is 1. The van der Waals surface area contributed by atoms with Crippen molar-refractivity contribution in [2.45, 2.75) is 36.1 Å². The van der Waals surface area contributed by atoms with Crippen molar-refractivity contribution >= 4 is 35.3 Å². The van der Waals surface area contributed by atoms with E-state index in [2.05, 4.69) is 37.8 Å². The van der Waals surface area contributed by atoms with Crippen LogP contribution in [-0.2, 0) is 16.8 Å². The fraction of sp³-hybridized carbons (Fsp3) is 0.258. The average Bonchev–Trinajstić information content (AvgIpc) is 3.80. The van der Waals surface area contributed by atoms with E-state index < -0.39 is 5.41 Å². The first-order valence-electron chi connectivity index (χ1n) is 13.6. The van der Waals surface area contributed by atoms with Gasteiger partial charge in [-0.05, 0) is 78.7 Å². The van der Waals surface area contributed by atoms with Crippen LogP contribution in [-0.4, -0.2) is 36.1 Å². The van der Waals surface area contributed by atoms with Crippen LogP contribution in [0.1, 0.15) is 30.4 Å². The number of methoxy groups -OCH3 is 1. The lowest BCUT2D eigenvalue weighted by atomic mass is 9.94. The largest absolute Gasteiger partial charge is 0.497 e. The molecule has 3 aromatic carbocycles. The molecule has 6 rings (SSSR count). The minimum Gasteiger partial charge on any atom is -0.497 e. The van der Waals surface area contributed by atoms with Crippen molar-refractivity contribution in [2.24, 2.45) is 0 Å². The molecule has 0 atom stereocenters. The highest BCUT2D eigenvalue weighted by Crippen LogP contribution is 2.50. The maximum Gasteiger partial charge on any atom is 0.231 e. The first-order valence-corrected chi connectivity index (χ1v) is 14.5. The summed E-state index contributed by atoms with van der Waals surface area (Å²) in [5.41, 5.74) is 3.28. The number of anilines is 3. The molecule has 4 aromatic rings. The number of benzene rings is 3. The topological polar surface area (TPSA) is 100 Å². The smallest absolute Gasteiger partial charge is 0.231 e. The number of fused-ring (bicyclic) bond motifs is 4. The quantitative estimate of drug-likeness (QED) is 0.216. The first-order chi connectivity index (χ1) is 20.0. The predicted molar refractivity (Wildman–Crippen MR) is 160 cm³/mol. The number of ether oxygens (including phenoxy) is 1. The van der Waals surface area contributed by atoms with Crippen molar-refractivity contribution in [1.82, 2.24) is 20.0 Å². The van der Waals surface area contributed by atoms with E-state index in [1.165, 1.54) is 13.2 Å². The molecule has 1 fully saturated rings. The number of hydrogen-bond donors (Lipinski definition) is 4. The molecule has 0 unspecified atom stereocenters. The van der Waals surface area contributed by atoms with Gasteiger partial charge in [0.2, 0.25) is 11.9 Å². The minimum absolute atomic E-state index is 0.168. The summed E-state index contributed by atoms with van der Waals surface area (Å²) in [4.78, 5) is 23.6. The normalized spacial score (nSPS) is 15.7. The summed E-state index contributed by atoms with van der Waals surface area (Å²) in [6, 6.07) is 20.6. The second-order valence-electron chi connectivity index (χ2n) is 10.2. The summed E-state index contributed by atoms with van der Waals surface area (Å²) in [6.45, 7) is 1.96. The third-order valence-electron chi connectivity index (χ3n) is 7.41. The van der Waals surface area contributed by atoms with E-state index in [1.54, 1.807) is 24.1 Å². The van der Waals surface area contributed by atoms with Crippen LogP contribution in [0.15, 0.2) is 77.8 Å². The number of carbonyl (C=O) groups excluding carboxylic acids is 1. The number of rotatable bonds is 6. The highest BCUT2D eigenvalue weighted by atomic mass is 32.2. The standard InChI is InChI=1S/C31H31FN6O2S/c1-40-23-10-11-27(32)26(17-23)31(12-13-31)29(39)34-18-20-6-8-21(9-7-20)25-19-35-30-37-22-4-2-5-24(16-22)41-36-15-3-14-33-28(25)38-30/h2,4-11,16-17,19,36H,3,12-15,18H2,1H3,(H,34,39)(H2,33,35,37,38). The molecule has 8 nitrogen and oxygen atoms in total. The van der Waals surface area contributed by atoms with E-state index in [-0.39, 0.29) is 11.7 Å². The Morgan fingerprint density at radius 2 is 1.95 bits per heavy atom. The molecule has 41 heavy (non-hydrogen) atoms. The third-order valence-corrected chi connectivity index (χ3v) is 8.25. The summed E-state index contributed by atoms with van der Waals surface area (Å²) < 4.78 is 23.2. The third kappa shape index (κ3) is 5.98. The van der Waals surface area contributed by atoms with Crippen LogP contribution in [0.4, 0.5) is 21.8 Å². The van der Waals surface area contributed by atoms with Crippen LogP contribution in [0.5, 0.6) is 5.75 Å². The highest BCUT2D eigenvalue weighted by Gasteiger charge is 2.52. The van der Waals surface area contributed by atoms with Crippen molar-refractivity contribution in [3.05, 3.63) is 89.9 Å². The Morgan fingerprint density at radius 3 is 2.76 bits per heavy atom. The Bertz CT molecular complexity index is 1560. The second-order valence-corrected chi connectivity index (χ2v) is 11.2. The van der Waals surface area contributed by atoms with E-state index in [0.29, 0.717) is 36.6 Å². The molecule has 10 heteroatoms. The van der Waals surface area contributed by atoms with Crippen molar-refractivity contribution in [3.63, 3.8) is 0 Å². The summed E-state index contributed by atoms with van der Waals surface area (Å²) in [5, 5.41) is 9.78. The van der Waals surface area contributed by atoms with E-state index >= 15 is 0 Å². The molecule has 1 saturated carbocycles. The Kier molecular flexibility index (Phi) is 7.76. The van der Waals surface area contributed by atoms with Gasteiger partial charge < -0.3 is 20.7 Å². The summed E-state index contributed by atoms with van der Waals surface area (Å²) in [6.07, 6.45) is 3.98. The predicted octanol–water partition coefficient (Wildman–Crippen LogP) is 5.80. The molecular formula is C31H31FN6O2S. The molecule has 1 aliphatic carbocycles. The SMILES string of the molecule is COc1ccc(F)c(C2(C(=O)NCc3ccc(-c4cnc5nc4NCCCNSc4cccc(c4)N5)cc3)CC2)c1. The van der Waals surface area contributed by atoms with Gasteiger partial charge in [-0.25, -0.2) is 9.37 Å². The fourth-order valence-electron chi connectivity index (χ4n) is 4.95. The molecule has 1 aromatic heterocycles. The zero-order chi connectivity index (χ0) is 28.2. The van der Waals surface area contributed by atoms with Gasteiger partial charge in [0, 0.05) is 47.5 Å². The van der Waals surface area contributed by atoms with Gasteiger partial charge >= 0.3 is 0 Å². The van der Waals surface area contributed by atoms with Crippen LogP contribution in [0.25, 0.3) is 11.1 Å². The van der Waals surface area contributed by atoms with E-state index in [4.69, 9.17) is 9.72 Å². The van der Waals surface area contributed by atoms with Gasteiger partial charge in [0.05, 0.1) is 12.5 Å². The van der Waals surface area contributed by atoms with Gasteiger partial charge in [-0.3, -0.25) is 9.52 Å². The van der Waals surface area contributed by atoms with Gasteiger partial charge in [0.1, 0.15) is 17.4 Å². The summed E-state index contributed by atoms with van der Waals surface area (Å²) in [5.74, 6) is 1.27. The van der Waals surface area contributed by atoms with E-state index in [0.717, 1.165) is 52.6 Å². The average molecular weight is 571 g/mol. The molecule has 0 saturated heterocycles. The van der Waals surface area contributed by atoms with Gasteiger partial charge in [-0.2, -0.15) is 4.98 Å². The summed E-state index contributed by atoms with van der Waals surface area (Å²) in [7, 11) is 1.53. The van der Waals surface area contributed by atoms with Gasteiger partial charge in [-0.1, -0.05) is 30.3 Å². The van der Waals surface area contributed by atoms with Crippen LogP contribution >= 0.6 is 11.9 Å². The zero-order valence-electron chi connectivity index (χ0n) is 22.7. The Morgan fingerprint density at radius 1 is 1.10 bits per heavy atom. The number of aromatic nitrogens is 2. The zero-order valence-corrected chi connectivity index (χ0v) is 23.5. The van der Waals surface area contributed by atoms with Crippen LogP contribution < -0.4 is 25.4 Å². The van der Waals surface area contributed by atoms with Crippen LogP contribution in [0.2, 0.25) is 0 Å². The number of halogens is 1. The fourth-order valence-corrected chi connectivity index (χ4v) is 5.70. The molecule has 2 aliphatic rings. The molecule has 4 N–H and O–H groups in total. The maximum absolute atomic E-state index is 14.6. The number of hydrogen-bond acceptors (Lipinski definition) is 8. The maximum atomic E-state index is 14.6. The van der Waals surface area contributed by atoms with E-state index in [9.17, 15) is 9.18 Å². The lowest BCUT2D eigenvalue weighted by molar-refractivity contribution is -0.123. The van der Waals surface area contributed by atoms with Crippen LogP contribution in [0, 0.1) is 5.82 Å². The Hall–Kier alpha value is -4.15. The number of nitrogens with zero attached hydrogens (tertiary/aromatic N) is 2. The Balaban J connectivity index is 1.16. The van der Waals surface area contributed by atoms with Gasteiger partial charge in [-0.15, -0.1) is 0 Å². The monoisotopic (exact) mass is 570 g/mol. The summed E-state index contributed by atoms with van der Waals surface area (Å²) >= 11 is 1.61. The van der Waals surface area contributed by atoms with Crippen molar-refractivity contribution < 1.29 is 13.9 Å². The molecule has 4 bridgehead atoms. The minimum atomic E-state index is -0.832. The molecular weight excluding hydrogens is 539 g/mol. The van der Waals surface area contributed by atoms with Crippen LogP contribution in [0.3, 0.4) is 0 Å². The van der Waals surface area contributed by atoms with Gasteiger partial charge in [0.25, 0.3) is 0 Å². The molecule has 210 valence electrons. The van der Waals surface area contributed by atoms with E-state index in [1.807, 2.05) is 42.6 Å². The lowest BCUT2D eigenvalue weighted by Gasteiger charge is -2.18.